The second kappa shape index (κ2) is 11.9. The number of aliphatic hydroxyl groups is 1. The number of aliphatic hydroxyl groups excluding tert-OH is 1. The molecule has 2 aromatic heterocycles. The van der Waals surface area contributed by atoms with Gasteiger partial charge in [-0.2, -0.15) is 14.7 Å². The van der Waals surface area contributed by atoms with Crippen molar-refractivity contribution in [2.75, 3.05) is 5.75 Å². The van der Waals surface area contributed by atoms with Crippen molar-refractivity contribution in [3.8, 4) is 0 Å². The monoisotopic (exact) mass is 631 g/mol. The molecule has 224 valence electrons. The van der Waals surface area contributed by atoms with Gasteiger partial charge in [0, 0.05) is 29.6 Å². The van der Waals surface area contributed by atoms with Crippen LogP contribution < -0.4 is 11.0 Å². The predicted octanol–water partition coefficient (Wildman–Crippen LogP) is 0.124. The summed E-state index contributed by atoms with van der Waals surface area (Å²) in [6.45, 7) is 0. The highest BCUT2D eigenvalue weighted by Gasteiger charge is 2.55. The van der Waals surface area contributed by atoms with E-state index in [1.54, 1.807) is 6.07 Å². The van der Waals surface area contributed by atoms with Gasteiger partial charge in [-0.25, -0.2) is 14.7 Å². The molecule has 1 fully saturated rings. The van der Waals surface area contributed by atoms with E-state index in [4.69, 9.17) is 0 Å². The van der Waals surface area contributed by atoms with E-state index in [1.165, 1.54) is 18.2 Å². The van der Waals surface area contributed by atoms with Crippen LogP contribution in [-0.4, -0.2) is 91.1 Å². The third-order valence-corrected chi connectivity index (χ3v) is 9.25. The molecule has 3 aromatic rings. The summed E-state index contributed by atoms with van der Waals surface area (Å²) in [6.07, 6.45) is -2.07. The third-order valence-electron chi connectivity index (χ3n) is 6.69. The number of benzene rings is 1. The van der Waals surface area contributed by atoms with Crippen LogP contribution in [0.25, 0.3) is 5.65 Å². The smallest absolute Gasteiger partial charge is 0.364 e. The molecule has 3 unspecified atom stereocenters. The van der Waals surface area contributed by atoms with Crippen LogP contribution in [0.5, 0.6) is 0 Å². The van der Waals surface area contributed by atoms with Crippen LogP contribution >= 0.6 is 23.5 Å². The summed E-state index contributed by atoms with van der Waals surface area (Å²) in [5, 5.41) is 52.1. The van der Waals surface area contributed by atoms with Gasteiger partial charge in [-0.05, 0) is 41.8 Å². The lowest BCUT2D eigenvalue weighted by atomic mass is 9.99. The number of β-lactam (4-membered cyclic amide) rings is 1. The van der Waals surface area contributed by atoms with E-state index in [9.17, 15) is 49.4 Å². The molecule has 17 nitrogen and oxygen atoms in total. The molecule has 0 saturated carbocycles. The summed E-state index contributed by atoms with van der Waals surface area (Å²) >= 11 is 2.19. The van der Waals surface area contributed by atoms with Crippen molar-refractivity contribution >= 4 is 58.6 Å². The topological polar surface area (TPSA) is 250 Å². The summed E-state index contributed by atoms with van der Waals surface area (Å²) in [5.41, 5.74) is -0.616. The quantitative estimate of drug-likeness (QED) is 0.0816. The Hall–Kier alpha value is -4.75. The van der Waals surface area contributed by atoms with E-state index in [0.717, 1.165) is 45.1 Å². The zero-order valence-corrected chi connectivity index (χ0v) is 23.3. The molecule has 0 radical (unpaired) electrons. The van der Waals surface area contributed by atoms with Gasteiger partial charge in [0.15, 0.2) is 11.8 Å². The number of nitrogens with zero attached hydrogens (tertiary/aromatic N) is 5. The van der Waals surface area contributed by atoms with Gasteiger partial charge in [0.25, 0.3) is 17.5 Å². The van der Waals surface area contributed by atoms with Gasteiger partial charge in [-0.3, -0.25) is 29.4 Å². The fraction of sp³-hybridized carbons (Fsp3) is 0.292. The Morgan fingerprint density at radius 1 is 1.19 bits per heavy atom. The molecular formula is C24H21N7O10S2. The number of carboxylic acid groups (broad SMARTS) is 2. The molecule has 0 spiro atoms. The van der Waals surface area contributed by atoms with Crippen molar-refractivity contribution in [1.82, 2.24) is 30.0 Å². The van der Waals surface area contributed by atoms with Crippen LogP contribution in [0, 0.1) is 10.1 Å². The summed E-state index contributed by atoms with van der Waals surface area (Å²) < 4.78 is 1.01. The zero-order chi connectivity index (χ0) is 31.0. The highest BCUT2D eigenvalue weighted by Crippen LogP contribution is 2.44. The number of amides is 2. The summed E-state index contributed by atoms with van der Waals surface area (Å²) in [5.74, 6) is -4.18. The number of nitro benzene ring substituents is 1. The van der Waals surface area contributed by atoms with Gasteiger partial charge >= 0.3 is 17.6 Å². The van der Waals surface area contributed by atoms with Gasteiger partial charge in [0.1, 0.15) is 22.1 Å². The molecule has 4 atom stereocenters. The number of hydrogen-bond donors (Lipinski definition) is 5. The fourth-order valence-electron chi connectivity index (χ4n) is 4.60. The molecule has 4 heterocycles. The Morgan fingerprint density at radius 3 is 2.56 bits per heavy atom. The Kier molecular flexibility index (Phi) is 8.20. The molecular weight excluding hydrogens is 610 g/mol. The van der Waals surface area contributed by atoms with E-state index in [-0.39, 0.29) is 51.8 Å². The minimum atomic E-state index is -1.74. The number of aromatic nitrogens is 4. The lowest BCUT2D eigenvalue weighted by Gasteiger charge is -2.50. The number of carbonyl (C=O) groups is 4. The Balaban J connectivity index is 1.37. The van der Waals surface area contributed by atoms with Crippen LogP contribution in [0.2, 0.25) is 0 Å². The molecule has 2 aliphatic heterocycles. The second-order valence-corrected chi connectivity index (χ2v) is 11.7. The highest BCUT2D eigenvalue weighted by atomic mass is 32.2. The van der Waals surface area contributed by atoms with Crippen molar-refractivity contribution in [2.45, 2.75) is 40.6 Å². The number of aliphatic carboxylic acids is 2. The Morgan fingerprint density at radius 2 is 1.91 bits per heavy atom. The van der Waals surface area contributed by atoms with E-state index in [2.05, 4.69) is 20.6 Å². The van der Waals surface area contributed by atoms with Crippen LogP contribution in [-0.2, 0) is 19.2 Å². The minimum absolute atomic E-state index is 0.0129. The number of nitrogens with one attached hydrogen (secondary N) is 2. The van der Waals surface area contributed by atoms with Crippen molar-refractivity contribution in [2.24, 2.45) is 0 Å². The lowest BCUT2D eigenvalue weighted by molar-refractivity contribution is -0.384. The molecule has 2 aliphatic rings. The maximum atomic E-state index is 13.2. The van der Waals surface area contributed by atoms with Crippen molar-refractivity contribution < 1.29 is 39.4 Å². The molecule has 5 rings (SSSR count). The van der Waals surface area contributed by atoms with Crippen LogP contribution in [0.4, 0.5) is 5.69 Å². The predicted molar refractivity (Wildman–Crippen MR) is 148 cm³/mol. The van der Waals surface area contributed by atoms with Crippen molar-refractivity contribution in [3.63, 3.8) is 0 Å². The number of nitro groups is 1. The molecule has 19 heteroatoms. The first kappa shape index (κ1) is 29.7. The van der Waals surface area contributed by atoms with E-state index >= 15 is 0 Å². The average Bonchev–Trinajstić information content (AvgIpc) is 3.36. The van der Waals surface area contributed by atoms with Crippen LogP contribution in [0.1, 0.15) is 24.5 Å². The molecule has 0 aliphatic carbocycles. The van der Waals surface area contributed by atoms with Crippen LogP contribution in [0.3, 0.4) is 0 Å². The minimum Gasteiger partial charge on any atom is -0.481 e. The molecule has 0 bridgehead atoms. The first-order valence-electron chi connectivity index (χ1n) is 12.4. The fourth-order valence-corrected chi connectivity index (χ4v) is 7.27. The van der Waals surface area contributed by atoms with Gasteiger partial charge in [-0.1, -0.05) is 11.8 Å². The van der Waals surface area contributed by atoms with Gasteiger partial charge in [-0.15, -0.1) is 11.8 Å². The van der Waals surface area contributed by atoms with E-state index in [1.807, 2.05) is 0 Å². The molecule has 2 amide bonds. The average molecular weight is 632 g/mol. The number of aromatic amines is 1. The first-order chi connectivity index (χ1) is 20.5. The summed E-state index contributed by atoms with van der Waals surface area (Å²) in [4.78, 5) is 72.9. The number of non-ortho nitro benzene ring substituents is 1. The number of carbonyl (C=O) groups excluding carboxylic acids is 2. The second-order valence-electron chi connectivity index (χ2n) is 9.34. The number of H-pyrrole nitrogens is 1. The third kappa shape index (κ3) is 5.81. The molecule has 1 aromatic carbocycles. The van der Waals surface area contributed by atoms with E-state index in [0.29, 0.717) is 0 Å². The largest absolute Gasteiger partial charge is 0.481 e. The Labute approximate surface area is 248 Å². The van der Waals surface area contributed by atoms with Gasteiger partial charge in [0.05, 0.1) is 4.92 Å². The maximum Gasteiger partial charge on any atom is 0.364 e. The highest BCUT2D eigenvalue weighted by molar-refractivity contribution is 8.01. The van der Waals surface area contributed by atoms with Crippen molar-refractivity contribution in [1.29, 1.82) is 0 Å². The number of thioether (sulfide) groups is 2. The van der Waals surface area contributed by atoms with E-state index < -0.39 is 57.1 Å². The lowest BCUT2D eigenvalue weighted by Crippen LogP contribution is -2.71. The summed E-state index contributed by atoms with van der Waals surface area (Å²) in [6, 6.07) is 6.53. The number of rotatable bonds is 11. The number of hydrogen-bond acceptors (Lipinski definition) is 12. The summed E-state index contributed by atoms with van der Waals surface area (Å²) in [7, 11) is 0. The first-order valence-corrected chi connectivity index (χ1v) is 14.4. The molecule has 5 N–H and O–H groups in total. The Bertz CT molecular complexity index is 1740. The number of carboxylic acids is 2. The molecule has 43 heavy (non-hydrogen) atoms. The van der Waals surface area contributed by atoms with Crippen molar-refractivity contribution in [3.05, 3.63) is 73.8 Å². The van der Waals surface area contributed by atoms with Gasteiger partial charge in [0.2, 0.25) is 0 Å². The standard InChI is InChI=1S/C24H21N7O10S2/c32-16(33)8-5-13(43-15-7-6-14-26-27-24(39)30(14)28-15)12-9-42-22-17(21(36)29(22)18(12)23(37)38)25-20(35)19(34)10-1-3-11(4-2-10)31(40)41/h1-4,6-7,13,17,19,22,34H,5,8-9H2,(H,25,35)(H,27,39)(H,32,33)(H,37,38)/t13?,17?,19?,22-/m0/s1. The van der Waals surface area contributed by atoms with Gasteiger partial charge < -0.3 is 20.6 Å². The SMILES string of the molecule is O=C(O)CCC(Sc1ccc2n[nH]c(=O)n2n1)C1=C(C(=O)O)N2C(=O)C(NC(=O)C(O)c3ccc([N+](=O)[O-])cc3)[C@@H]2SC1. The molecule has 1 saturated heterocycles. The maximum absolute atomic E-state index is 13.2. The number of fused-ring (bicyclic) bond motifs is 2. The van der Waals surface area contributed by atoms with Crippen LogP contribution in [0.15, 0.2) is 57.5 Å². The zero-order valence-electron chi connectivity index (χ0n) is 21.6. The normalized spacial score (nSPS) is 19.4.